The van der Waals surface area contributed by atoms with Crippen LogP contribution in [0.3, 0.4) is 0 Å². The van der Waals surface area contributed by atoms with Crippen LogP contribution in [0, 0.1) is 6.92 Å². The summed E-state index contributed by atoms with van der Waals surface area (Å²) in [7, 11) is 0. The Morgan fingerprint density at radius 2 is 2.05 bits per heavy atom. The molecule has 114 valence electrons. The molecule has 5 heteroatoms. The van der Waals surface area contributed by atoms with Crippen molar-refractivity contribution in [2.24, 2.45) is 0 Å². The fourth-order valence-corrected chi connectivity index (χ4v) is 2.28. The van der Waals surface area contributed by atoms with Gasteiger partial charge in [0.2, 0.25) is 5.95 Å². The van der Waals surface area contributed by atoms with Gasteiger partial charge in [-0.3, -0.25) is 0 Å². The summed E-state index contributed by atoms with van der Waals surface area (Å²) < 4.78 is 5.36. The maximum absolute atomic E-state index is 5.36. The van der Waals surface area contributed by atoms with Gasteiger partial charge in [-0.2, -0.15) is 4.98 Å². The van der Waals surface area contributed by atoms with Gasteiger partial charge in [-0.1, -0.05) is 11.6 Å². The van der Waals surface area contributed by atoms with E-state index >= 15 is 0 Å². The van der Waals surface area contributed by atoms with Crippen LogP contribution in [-0.4, -0.2) is 16.0 Å². The first-order valence-electron chi connectivity index (χ1n) is 7.43. The highest BCUT2D eigenvalue weighted by Gasteiger charge is 2.09. The van der Waals surface area contributed by atoms with Gasteiger partial charge in [-0.05, 0) is 45.0 Å². The fraction of sp³-hybridized carbons (Fsp3) is 0.294. The van der Waals surface area contributed by atoms with Crippen LogP contribution < -0.4 is 10.6 Å². The molecule has 0 aliphatic rings. The maximum atomic E-state index is 5.36. The van der Waals surface area contributed by atoms with Crippen molar-refractivity contribution in [2.45, 2.75) is 33.4 Å². The second kappa shape index (κ2) is 6.05. The first kappa shape index (κ1) is 14.4. The van der Waals surface area contributed by atoms with E-state index in [2.05, 4.69) is 53.5 Å². The molecule has 3 aromatic rings. The Hall–Kier alpha value is -2.56. The number of fused-ring (bicyclic) bond motifs is 1. The van der Waals surface area contributed by atoms with Crippen molar-refractivity contribution in [3.63, 3.8) is 0 Å². The highest BCUT2D eigenvalue weighted by atomic mass is 16.3. The Kier molecular flexibility index (Phi) is 3.96. The van der Waals surface area contributed by atoms with Crippen molar-refractivity contribution < 1.29 is 4.42 Å². The van der Waals surface area contributed by atoms with E-state index in [1.807, 2.05) is 18.2 Å². The summed E-state index contributed by atoms with van der Waals surface area (Å²) in [6.07, 6.45) is 1.67. The van der Waals surface area contributed by atoms with E-state index in [9.17, 15) is 0 Å². The molecule has 22 heavy (non-hydrogen) atoms. The van der Waals surface area contributed by atoms with Crippen LogP contribution in [-0.2, 0) is 6.54 Å². The number of aromatic nitrogens is 2. The predicted octanol–water partition coefficient (Wildman–Crippen LogP) is 3.96. The minimum absolute atomic E-state index is 0.279. The van der Waals surface area contributed by atoms with E-state index in [0.29, 0.717) is 12.5 Å². The van der Waals surface area contributed by atoms with E-state index in [1.165, 1.54) is 5.56 Å². The van der Waals surface area contributed by atoms with Gasteiger partial charge >= 0.3 is 0 Å². The largest absolute Gasteiger partial charge is 0.467 e. The van der Waals surface area contributed by atoms with E-state index in [1.54, 1.807) is 6.26 Å². The molecular weight excluding hydrogens is 276 g/mol. The topological polar surface area (TPSA) is 63.0 Å². The van der Waals surface area contributed by atoms with Gasteiger partial charge in [0.15, 0.2) is 0 Å². The Balaban J connectivity index is 1.98. The lowest BCUT2D eigenvalue weighted by Crippen LogP contribution is -2.14. The minimum Gasteiger partial charge on any atom is -0.467 e. The number of anilines is 2. The minimum atomic E-state index is 0.279. The van der Waals surface area contributed by atoms with Crippen molar-refractivity contribution in [1.82, 2.24) is 9.97 Å². The number of rotatable bonds is 5. The number of aryl methyl sites for hydroxylation is 1. The molecule has 0 spiro atoms. The van der Waals surface area contributed by atoms with Gasteiger partial charge in [0.25, 0.3) is 0 Å². The molecule has 0 saturated heterocycles. The summed E-state index contributed by atoms with van der Waals surface area (Å²) in [4.78, 5) is 9.18. The number of furan rings is 1. The second-order valence-electron chi connectivity index (χ2n) is 5.65. The summed E-state index contributed by atoms with van der Waals surface area (Å²) >= 11 is 0. The van der Waals surface area contributed by atoms with Crippen LogP contribution in [0.5, 0.6) is 0 Å². The quantitative estimate of drug-likeness (QED) is 0.746. The van der Waals surface area contributed by atoms with Crippen molar-refractivity contribution in [1.29, 1.82) is 0 Å². The number of hydrogen-bond acceptors (Lipinski definition) is 5. The van der Waals surface area contributed by atoms with Crippen LogP contribution in [0.4, 0.5) is 11.8 Å². The molecule has 0 aliphatic heterocycles. The summed E-state index contributed by atoms with van der Waals surface area (Å²) in [5.74, 6) is 2.32. The molecule has 3 rings (SSSR count). The Labute approximate surface area is 129 Å². The molecule has 0 atom stereocenters. The number of benzene rings is 1. The zero-order chi connectivity index (χ0) is 15.5. The van der Waals surface area contributed by atoms with Gasteiger partial charge in [-0.15, -0.1) is 0 Å². The first-order valence-corrected chi connectivity index (χ1v) is 7.43. The van der Waals surface area contributed by atoms with Crippen molar-refractivity contribution in [3.8, 4) is 0 Å². The van der Waals surface area contributed by atoms with Crippen molar-refractivity contribution in [2.75, 3.05) is 10.6 Å². The second-order valence-corrected chi connectivity index (χ2v) is 5.65. The zero-order valence-electron chi connectivity index (χ0n) is 13.1. The zero-order valence-corrected chi connectivity index (χ0v) is 13.1. The fourth-order valence-electron chi connectivity index (χ4n) is 2.28. The number of nitrogens with zero attached hydrogens (tertiary/aromatic N) is 2. The molecule has 2 heterocycles. The van der Waals surface area contributed by atoms with E-state index in [4.69, 9.17) is 4.42 Å². The molecule has 2 aromatic heterocycles. The first-order chi connectivity index (χ1) is 10.6. The van der Waals surface area contributed by atoms with Crippen LogP contribution in [0.25, 0.3) is 10.9 Å². The molecular formula is C17H20N4O. The third-order valence-electron chi connectivity index (χ3n) is 3.28. The number of hydrogen-bond donors (Lipinski definition) is 2. The highest BCUT2D eigenvalue weighted by molar-refractivity contribution is 5.90. The van der Waals surface area contributed by atoms with E-state index in [-0.39, 0.29) is 6.04 Å². The molecule has 1 aromatic carbocycles. The summed E-state index contributed by atoms with van der Waals surface area (Å²) in [6.45, 7) is 6.79. The lowest BCUT2D eigenvalue weighted by atomic mass is 10.1. The normalized spacial score (nSPS) is 11.1. The molecule has 0 aliphatic carbocycles. The van der Waals surface area contributed by atoms with Gasteiger partial charge in [0, 0.05) is 11.4 Å². The summed E-state index contributed by atoms with van der Waals surface area (Å²) in [5.41, 5.74) is 2.10. The molecule has 0 fully saturated rings. The smallest absolute Gasteiger partial charge is 0.225 e. The molecule has 0 bridgehead atoms. The molecule has 0 radical (unpaired) electrons. The average molecular weight is 296 g/mol. The van der Waals surface area contributed by atoms with E-state index < -0.39 is 0 Å². The molecule has 0 amide bonds. The molecule has 2 N–H and O–H groups in total. The summed E-state index contributed by atoms with van der Waals surface area (Å²) in [6, 6.07) is 10.3. The standard InChI is InChI=1S/C17H20N4O/c1-11(2)19-17-20-15-7-6-12(3)9-14(15)16(21-17)18-10-13-5-4-8-22-13/h4-9,11H,10H2,1-3H3,(H2,18,19,20,21). The third kappa shape index (κ3) is 3.19. The lowest BCUT2D eigenvalue weighted by molar-refractivity contribution is 0.518. The summed E-state index contributed by atoms with van der Waals surface area (Å²) in [5, 5.41) is 7.62. The van der Waals surface area contributed by atoms with Gasteiger partial charge in [0.05, 0.1) is 18.3 Å². The number of nitrogens with one attached hydrogen (secondary N) is 2. The van der Waals surface area contributed by atoms with Gasteiger partial charge in [0.1, 0.15) is 11.6 Å². The van der Waals surface area contributed by atoms with Crippen LogP contribution in [0.1, 0.15) is 25.2 Å². The van der Waals surface area contributed by atoms with Gasteiger partial charge < -0.3 is 15.1 Å². The maximum Gasteiger partial charge on any atom is 0.225 e. The Bertz CT molecular complexity index is 766. The van der Waals surface area contributed by atoms with E-state index in [0.717, 1.165) is 22.5 Å². The van der Waals surface area contributed by atoms with Gasteiger partial charge in [-0.25, -0.2) is 4.98 Å². The van der Waals surface area contributed by atoms with Crippen molar-refractivity contribution >= 4 is 22.7 Å². The lowest BCUT2D eigenvalue weighted by Gasteiger charge is -2.13. The molecule has 0 saturated carbocycles. The van der Waals surface area contributed by atoms with Crippen molar-refractivity contribution in [3.05, 3.63) is 47.9 Å². The molecule has 0 unspecified atom stereocenters. The predicted molar refractivity (Wildman–Crippen MR) is 89.1 cm³/mol. The van der Waals surface area contributed by atoms with Crippen LogP contribution in [0.15, 0.2) is 41.0 Å². The third-order valence-corrected chi connectivity index (χ3v) is 3.28. The monoisotopic (exact) mass is 296 g/mol. The van der Waals surface area contributed by atoms with Crippen LogP contribution >= 0.6 is 0 Å². The average Bonchev–Trinajstić information content (AvgIpc) is 2.98. The highest BCUT2D eigenvalue weighted by Crippen LogP contribution is 2.24. The van der Waals surface area contributed by atoms with Crippen LogP contribution in [0.2, 0.25) is 0 Å². The molecule has 5 nitrogen and oxygen atoms in total. The Morgan fingerprint density at radius 3 is 2.77 bits per heavy atom. The Morgan fingerprint density at radius 1 is 1.18 bits per heavy atom. The SMILES string of the molecule is Cc1ccc2nc(NC(C)C)nc(NCc3ccco3)c2c1.